The first-order valence-corrected chi connectivity index (χ1v) is 10.9. The van der Waals surface area contributed by atoms with Crippen LogP contribution in [-0.2, 0) is 16.6 Å². The van der Waals surface area contributed by atoms with E-state index in [4.69, 9.17) is 0 Å². The quantitative estimate of drug-likeness (QED) is 0.623. The highest BCUT2D eigenvalue weighted by atomic mass is 16.2. The van der Waals surface area contributed by atoms with Crippen molar-refractivity contribution in [2.45, 2.75) is 84.6 Å². The van der Waals surface area contributed by atoms with Gasteiger partial charge in [-0.05, 0) is 68.0 Å². The number of rotatable bonds is 9. The third-order valence-electron chi connectivity index (χ3n) is 5.97. The van der Waals surface area contributed by atoms with E-state index in [9.17, 15) is 4.79 Å². The molecule has 3 heteroatoms. The Hall–Kier alpha value is -1.35. The van der Waals surface area contributed by atoms with Crippen LogP contribution in [-0.4, -0.2) is 36.5 Å². The van der Waals surface area contributed by atoms with Crippen molar-refractivity contribution in [2.75, 3.05) is 19.6 Å². The number of hydrogen-bond acceptors (Lipinski definition) is 2. The van der Waals surface area contributed by atoms with Gasteiger partial charge in [-0.1, -0.05) is 52.0 Å². The summed E-state index contributed by atoms with van der Waals surface area (Å²) >= 11 is 0. The highest BCUT2D eigenvalue weighted by Gasteiger charge is 2.17. The average molecular weight is 373 g/mol. The molecular weight excluding hydrogens is 332 g/mol. The Labute approximate surface area is 166 Å². The van der Waals surface area contributed by atoms with Crippen LogP contribution in [0.5, 0.6) is 0 Å². The van der Waals surface area contributed by atoms with E-state index in [1.807, 2.05) is 0 Å². The standard InChI is InChI=1S/C24H40N2O/c1-19(18-21-11-13-22(14-12-21)24(3,4)5)20(2)25-15-7-9-17-26-16-8-6-10-23(26)27/h11-14,19-20,25H,6-10,15-18H2,1-5H3. The predicted octanol–water partition coefficient (Wildman–Crippen LogP) is 4.93. The normalized spacial score (nSPS) is 17.8. The van der Waals surface area contributed by atoms with Crippen LogP contribution < -0.4 is 5.32 Å². The second-order valence-electron chi connectivity index (χ2n) is 9.42. The van der Waals surface area contributed by atoms with Crippen LogP contribution in [0.3, 0.4) is 0 Å². The molecule has 1 amide bonds. The molecule has 1 aromatic rings. The Morgan fingerprint density at radius 3 is 2.41 bits per heavy atom. The van der Waals surface area contributed by atoms with Gasteiger partial charge in [0.15, 0.2) is 0 Å². The Morgan fingerprint density at radius 1 is 1.07 bits per heavy atom. The first-order valence-electron chi connectivity index (χ1n) is 10.9. The fraction of sp³-hybridized carbons (Fsp3) is 0.708. The zero-order chi connectivity index (χ0) is 19.9. The molecule has 0 bridgehead atoms. The maximum absolute atomic E-state index is 11.8. The third-order valence-corrected chi connectivity index (χ3v) is 5.97. The van der Waals surface area contributed by atoms with Gasteiger partial charge in [0.25, 0.3) is 0 Å². The number of benzene rings is 1. The van der Waals surface area contributed by atoms with Crippen LogP contribution >= 0.6 is 0 Å². The molecule has 1 fully saturated rings. The number of carbonyl (C=O) groups excluding carboxylic acids is 1. The summed E-state index contributed by atoms with van der Waals surface area (Å²) in [6.07, 6.45) is 6.36. The molecule has 0 saturated carbocycles. The van der Waals surface area contributed by atoms with E-state index in [0.29, 0.717) is 17.9 Å². The number of piperidine rings is 1. The predicted molar refractivity (Wildman–Crippen MR) is 115 cm³/mol. The van der Waals surface area contributed by atoms with Crippen molar-refractivity contribution < 1.29 is 4.79 Å². The Bertz CT molecular complexity index is 573. The second kappa shape index (κ2) is 10.3. The molecule has 0 radical (unpaired) electrons. The highest BCUT2D eigenvalue weighted by Crippen LogP contribution is 2.23. The molecule has 152 valence electrons. The molecule has 27 heavy (non-hydrogen) atoms. The van der Waals surface area contributed by atoms with Crippen LogP contribution in [0, 0.1) is 5.92 Å². The fourth-order valence-corrected chi connectivity index (χ4v) is 3.75. The van der Waals surface area contributed by atoms with Crippen LogP contribution in [0.25, 0.3) is 0 Å². The van der Waals surface area contributed by atoms with E-state index in [0.717, 1.165) is 51.7 Å². The molecule has 0 spiro atoms. The SMILES string of the molecule is CC(Cc1ccc(C(C)(C)C)cc1)C(C)NCCCCN1CCCCC1=O. The summed E-state index contributed by atoms with van der Waals surface area (Å²) in [7, 11) is 0. The van der Waals surface area contributed by atoms with Gasteiger partial charge >= 0.3 is 0 Å². The number of carbonyl (C=O) groups is 1. The van der Waals surface area contributed by atoms with Crippen molar-refractivity contribution in [1.82, 2.24) is 10.2 Å². The fourth-order valence-electron chi connectivity index (χ4n) is 3.75. The largest absolute Gasteiger partial charge is 0.343 e. The van der Waals surface area contributed by atoms with Crippen molar-refractivity contribution in [1.29, 1.82) is 0 Å². The van der Waals surface area contributed by atoms with Gasteiger partial charge in [-0.2, -0.15) is 0 Å². The molecule has 2 atom stereocenters. The molecule has 0 aromatic heterocycles. The van der Waals surface area contributed by atoms with Gasteiger partial charge in [0.1, 0.15) is 0 Å². The maximum Gasteiger partial charge on any atom is 0.222 e. The van der Waals surface area contributed by atoms with Gasteiger partial charge in [0, 0.05) is 25.6 Å². The van der Waals surface area contributed by atoms with Crippen molar-refractivity contribution in [3.8, 4) is 0 Å². The van der Waals surface area contributed by atoms with Crippen molar-refractivity contribution in [3.05, 3.63) is 35.4 Å². The first kappa shape index (κ1) is 21.9. The third kappa shape index (κ3) is 7.29. The Morgan fingerprint density at radius 2 is 1.78 bits per heavy atom. The summed E-state index contributed by atoms with van der Waals surface area (Å²) in [6.45, 7) is 14.4. The summed E-state index contributed by atoms with van der Waals surface area (Å²) in [5.41, 5.74) is 3.04. The van der Waals surface area contributed by atoms with Crippen LogP contribution in [0.1, 0.15) is 77.8 Å². The number of unbranched alkanes of at least 4 members (excludes halogenated alkanes) is 1. The minimum atomic E-state index is 0.220. The van der Waals surface area contributed by atoms with E-state index in [1.165, 1.54) is 17.5 Å². The van der Waals surface area contributed by atoms with Gasteiger partial charge in [-0.3, -0.25) is 4.79 Å². The molecule has 1 aromatic carbocycles. The molecule has 2 unspecified atom stereocenters. The minimum absolute atomic E-state index is 0.220. The lowest BCUT2D eigenvalue weighted by Gasteiger charge is -2.27. The molecule has 1 N–H and O–H groups in total. The summed E-state index contributed by atoms with van der Waals surface area (Å²) < 4.78 is 0. The lowest BCUT2D eigenvalue weighted by atomic mass is 9.85. The minimum Gasteiger partial charge on any atom is -0.343 e. The summed E-state index contributed by atoms with van der Waals surface area (Å²) in [5, 5.41) is 3.68. The van der Waals surface area contributed by atoms with Gasteiger partial charge in [0.05, 0.1) is 0 Å². The van der Waals surface area contributed by atoms with Crippen LogP contribution in [0.4, 0.5) is 0 Å². The van der Waals surface area contributed by atoms with Crippen molar-refractivity contribution in [2.24, 2.45) is 5.92 Å². The van der Waals surface area contributed by atoms with Crippen molar-refractivity contribution in [3.63, 3.8) is 0 Å². The van der Waals surface area contributed by atoms with Gasteiger partial charge in [0.2, 0.25) is 5.91 Å². The summed E-state index contributed by atoms with van der Waals surface area (Å²) in [6, 6.07) is 9.65. The van der Waals surface area contributed by atoms with E-state index in [-0.39, 0.29) is 5.41 Å². The molecule has 1 aliphatic rings. The molecule has 1 heterocycles. The van der Waals surface area contributed by atoms with Crippen molar-refractivity contribution >= 4 is 5.91 Å². The maximum atomic E-state index is 11.8. The zero-order valence-electron chi connectivity index (χ0n) is 18.2. The van der Waals surface area contributed by atoms with E-state index >= 15 is 0 Å². The first-order chi connectivity index (χ1) is 12.8. The lowest BCUT2D eigenvalue weighted by Crippen LogP contribution is -2.37. The smallest absolute Gasteiger partial charge is 0.222 e. The molecule has 2 rings (SSSR count). The number of hydrogen-bond donors (Lipinski definition) is 1. The number of amides is 1. The number of likely N-dealkylation sites (tertiary alicyclic amines) is 1. The Kier molecular flexibility index (Phi) is 8.34. The summed E-state index contributed by atoms with van der Waals surface area (Å²) in [5.74, 6) is 0.961. The van der Waals surface area contributed by atoms with E-state index < -0.39 is 0 Å². The van der Waals surface area contributed by atoms with Crippen LogP contribution in [0.15, 0.2) is 24.3 Å². The number of nitrogens with zero attached hydrogens (tertiary/aromatic N) is 1. The van der Waals surface area contributed by atoms with E-state index in [2.05, 4.69) is 69.1 Å². The van der Waals surface area contributed by atoms with Gasteiger partial charge in [-0.25, -0.2) is 0 Å². The topological polar surface area (TPSA) is 32.3 Å². The average Bonchev–Trinajstić information content (AvgIpc) is 2.62. The summed E-state index contributed by atoms with van der Waals surface area (Å²) in [4.78, 5) is 13.9. The number of nitrogens with one attached hydrogen (secondary N) is 1. The second-order valence-corrected chi connectivity index (χ2v) is 9.42. The van der Waals surface area contributed by atoms with Gasteiger partial charge < -0.3 is 10.2 Å². The monoisotopic (exact) mass is 372 g/mol. The van der Waals surface area contributed by atoms with Crippen LogP contribution in [0.2, 0.25) is 0 Å². The molecule has 1 saturated heterocycles. The molecular formula is C24H40N2O. The van der Waals surface area contributed by atoms with Gasteiger partial charge in [-0.15, -0.1) is 0 Å². The lowest BCUT2D eigenvalue weighted by molar-refractivity contribution is -0.133. The molecule has 3 nitrogen and oxygen atoms in total. The highest BCUT2D eigenvalue weighted by molar-refractivity contribution is 5.76. The zero-order valence-corrected chi connectivity index (χ0v) is 18.2. The molecule has 0 aliphatic carbocycles. The molecule has 1 aliphatic heterocycles. The Balaban J connectivity index is 1.65. The van der Waals surface area contributed by atoms with E-state index in [1.54, 1.807) is 0 Å².